The van der Waals surface area contributed by atoms with E-state index in [1.54, 1.807) is 0 Å². The molecule has 3 saturated carbocycles. The van der Waals surface area contributed by atoms with E-state index in [9.17, 15) is 9.59 Å². The van der Waals surface area contributed by atoms with Gasteiger partial charge in [0.05, 0.1) is 23.7 Å². The molecule has 0 spiro atoms. The Morgan fingerprint density at radius 2 is 1.62 bits per heavy atom. The fourth-order valence-electron chi connectivity index (χ4n) is 8.20. The van der Waals surface area contributed by atoms with E-state index in [2.05, 4.69) is 64.2 Å². The molecular formula is C36H52BClN2O5. The van der Waals surface area contributed by atoms with Gasteiger partial charge in [0.1, 0.15) is 6.61 Å². The Morgan fingerprint density at radius 3 is 2.20 bits per heavy atom. The van der Waals surface area contributed by atoms with Crippen LogP contribution < -0.4 is 11.1 Å². The van der Waals surface area contributed by atoms with Crippen molar-refractivity contribution in [3.63, 3.8) is 0 Å². The van der Waals surface area contributed by atoms with Crippen molar-refractivity contribution in [2.24, 2.45) is 28.9 Å². The molecule has 6 atom stereocenters. The summed E-state index contributed by atoms with van der Waals surface area (Å²) in [5.74, 6) is 0.509. The quantitative estimate of drug-likeness (QED) is 0.222. The number of hydrogen-bond donors (Lipinski definition) is 2. The molecule has 9 heteroatoms. The maximum atomic E-state index is 13.2. The summed E-state index contributed by atoms with van der Waals surface area (Å²) in [5, 5.41) is 3.12. The lowest BCUT2D eigenvalue weighted by Crippen LogP contribution is -2.65. The predicted molar refractivity (Wildman–Crippen MR) is 182 cm³/mol. The fourth-order valence-corrected chi connectivity index (χ4v) is 8.20. The average Bonchev–Trinajstić information content (AvgIpc) is 3.53. The van der Waals surface area contributed by atoms with Crippen molar-refractivity contribution in [3.05, 3.63) is 59.7 Å². The second-order valence-electron chi connectivity index (χ2n) is 14.1. The topological polar surface area (TPSA) is 99.9 Å². The molecule has 246 valence electrons. The Morgan fingerprint density at radius 1 is 1.02 bits per heavy atom. The predicted octanol–water partition coefficient (Wildman–Crippen LogP) is 6.70. The van der Waals surface area contributed by atoms with Crippen molar-refractivity contribution < 1.29 is 23.6 Å². The van der Waals surface area contributed by atoms with Crippen molar-refractivity contribution in [2.45, 2.75) is 110 Å². The average molecular weight is 639 g/mol. The molecule has 1 heterocycles. The van der Waals surface area contributed by atoms with Crippen LogP contribution in [0.25, 0.3) is 11.1 Å². The number of fused-ring (bicyclic) bond motifs is 3. The lowest BCUT2D eigenvalue weighted by atomic mass is 9.43. The normalized spacial score (nSPS) is 26.6. The zero-order chi connectivity index (χ0) is 31.8. The molecule has 3 N–H and O–H groups in total. The molecule has 0 unspecified atom stereocenters. The molecule has 2 aromatic rings. The van der Waals surface area contributed by atoms with Crippen LogP contribution in [-0.4, -0.2) is 49.3 Å². The number of carbonyl (C=O) groups excluding carboxylic acids is 2. The van der Waals surface area contributed by atoms with E-state index in [0.717, 1.165) is 12.8 Å². The van der Waals surface area contributed by atoms with Gasteiger partial charge in [0, 0.05) is 12.3 Å². The highest BCUT2D eigenvalue weighted by atomic mass is 35.5. The third kappa shape index (κ3) is 6.72. The minimum Gasteiger partial charge on any atom is -0.465 e. The van der Waals surface area contributed by atoms with Gasteiger partial charge < -0.3 is 25.1 Å². The van der Waals surface area contributed by atoms with Crippen molar-refractivity contribution in [1.82, 2.24) is 5.32 Å². The Kier molecular flexibility index (Phi) is 11.2. The highest BCUT2D eigenvalue weighted by Crippen LogP contribution is 2.65. The van der Waals surface area contributed by atoms with Gasteiger partial charge >= 0.3 is 13.1 Å². The summed E-state index contributed by atoms with van der Waals surface area (Å²) in [6.07, 6.45) is 3.23. The number of amides is 1. The summed E-state index contributed by atoms with van der Waals surface area (Å²) in [5.41, 5.74) is 10.9. The van der Waals surface area contributed by atoms with Gasteiger partial charge in [-0.3, -0.25) is 9.59 Å². The first-order valence-electron chi connectivity index (χ1n) is 16.7. The van der Waals surface area contributed by atoms with E-state index in [-0.39, 0.29) is 72.7 Å². The second-order valence-corrected chi connectivity index (χ2v) is 14.1. The highest BCUT2D eigenvalue weighted by molar-refractivity contribution is 6.47. The standard InChI is InChI=1S/C34H45BN2O5.C2H6.ClH/c1-20(2)16-30(35-41-29-18-21-17-28(33(21,3)4)34(29,5)42-35)37-32(39)27(36)14-15-31(38)40-19-26-24-12-8-6-10-22(24)23-11-7-9-13-25(23)26;1-2;/h6-13,20-21,26-30H,14-19,36H2,1-5H3,(H,37,39);1-2H3;1H/t21-,27-,28-,29+,30-,34-;;/m0../s1. The maximum Gasteiger partial charge on any atom is 0.481 e. The van der Waals surface area contributed by atoms with Gasteiger partial charge in [-0.15, -0.1) is 12.4 Å². The number of hydrogen-bond acceptors (Lipinski definition) is 6. The van der Waals surface area contributed by atoms with Crippen LogP contribution in [0.4, 0.5) is 0 Å². The first kappa shape index (κ1) is 35.5. The molecular weight excluding hydrogens is 587 g/mol. The lowest BCUT2D eigenvalue weighted by Gasteiger charge is -2.64. The zero-order valence-electron chi connectivity index (χ0n) is 28.0. The smallest absolute Gasteiger partial charge is 0.465 e. The van der Waals surface area contributed by atoms with Crippen LogP contribution in [0, 0.1) is 23.2 Å². The number of nitrogens with two attached hydrogens (primary N) is 1. The van der Waals surface area contributed by atoms with Gasteiger partial charge in [-0.05, 0) is 78.0 Å². The molecule has 7 rings (SSSR count). The van der Waals surface area contributed by atoms with Gasteiger partial charge in [-0.25, -0.2) is 0 Å². The number of esters is 1. The summed E-state index contributed by atoms with van der Waals surface area (Å²) in [6, 6.07) is 15.7. The Balaban J connectivity index is 0.00000151. The van der Waals surface area contributed by atoms with Crippen LogP contribution in [0.2, 0.25) is 0 Å². The minimum atomic E-state index is -0.828. The first-order chi connectivity index (χ1) is 21.0. The Hall–Kier alpha value is -2.39. The van der Waals surface area contributed by atoms with Crippen LogP contribution in [0.1, 0.15) is 97.6 Å². The number of halogens is 1. The van der Waals surface area contributed by atoms with Gasteiger partial charge in [0.2, 0.25) is 5.91 Å². The van der Waals surface area contributed by atoms with Gasteiger partial charge in [0.15, 0.2) is 0 Å². The summed E-state index contributed by atoms with van der Waals surface area (Å²) >= 11 is 0. The molecule has 7 nitrogen and oxygen atoms in total. The van der Waals surface area contributed by atoms with E-state index in [0.29, 0.717) is 17.8 Å². The van der Waals surface area contributed by atoms with E-state index < -0.39 is 13.2 Å². The summed E-state index contributed by atoms with van der Waals surface area (Å²) < 4.78 is 18.9. The molecule has 1 saturated heterocycles. The van der Waals surface area contributed by atoms with E-state index in [4.69, 9.17) is 19.8 Å². The maximum absolute atomic E-state index is 13.2. The van der Waals surface area contributed by atoms with E-state index in [1.165, 1.54) is 28.7 Å². The molecule has 0 aromatic heterocycles. The van der Waals surface area contributed by atoms with Crippen molar-refractivity contribution in [3.8, 4) is 11.1 Å². The van der Waals surface area contributed by atoms with Crippen LogP contribution >= 0.6 is 12.4 Å². The monoisotopic (exact) mass is 638 g/mol. The third-order valence-corrected chi connectivity index (χ3v) is 10.7. The van der Waals surface area contributed by atoms with E-state index >= 15 is 0 Å². The molecule has 4 fully saturated rings. The molecule has 2 bridgehead atoms. The third-order valence-electron chi connectivity index (χ3n) is 10.7. The first-order valence-corrected chi connectivity index (χ1v) is 16.7. The number of benzene rings is 2. The Labute approximate surface area is 276 Å². The van der Waals surface area contributed by atoms with Crippen molar-refractivity contribution >= 4 is 31.4 Å². The van der Waals surface area contributed by atoms with Gasteiger partial charge in [-0.1, -0.05) is 90.1 Å². The molecule has 2 aromatic carbocycles. The molecule has 0 radical (unpaired) electrons. The van der Waals surface area contributed by atoms with Crippen molar-refractivity contribution in [1.29, 1.82) is 0 Å². The van der Waals surface area contributed by atoms with Crippen LogP contribution in [0.3, 0.4) is 0 Å². The summed E-state index contributed by atoms with van der Waals surface area (Å²) in [7, 11) is -0.504. The second kappa shape index (κ2) is 14.2. The summed E-state index contributed by atoms with van der Waals surface area (Å²) in [4.78, 5) is 26.0. The molecule has 1 amide bonds. The molecule has 1 aliphatic heterocycles. The number of ether oxygens (including phenoxy) is 1. The fraction of sp³-hybridized carbons (Fsp3) is 0.611. The number of rotatable bonds is 10. The van der Waals surface area contributed by atoms with Crippen molar-refractivity contribution in [2.75, 3.05) is 6.61 Å². The SMILES string of the molecule is CC.CC(C)C[C@H](NC(=O)[C@@H](N)CCC(=O)OCC1c2ccccc2-c2ccccc21)B1O[C@@H]2C[C@@H]3C[C@@H](C3(C)C)[C@]2(C)O1.Cl. The number of carbonyl (C=O) groups is 2. The highest BCUT2D eigenvalue weighted by Gasteiger charge is 2.68. The van der Waals surface area contributed by atoms with Crippen LogP contribution in [-0.2, 0) is 23.6 Å². The molecule has 5 aliphatic rings. The zero-order valence-corrected chi connectivity index (χ0v) is 28.8. The summed E-state index contributed by atoms with van der Waals surface area (Å²) in [6.45, 7) is 15.4. The Bertz CT molecular complexity index is 1310. The lowest BCUT2D eigenvalue weighted by molar-refractivity contribution is -0.199. The van der Waals surface area contributed by atoms with Gasteiger partial charge in [-0.2, -0.15) is 0 Å². The number of nitrogens with one attached hydrogen (secondary N) is 1. The van der Waals surface area contributed by atoms with E-state index in [1.807, 2.05) is 38.1 Å². The van der Waals surface area contributed by atoms with Crippen LogP contribution in [0.5, 0.6) is 0 Å². The molecule has 4 aliphatic carbocycles. The largest absolute Gasteiger partial charge is 0.481 e. The van der Waals surface area contributed by atoms with Crippen LogP contribution in [0.15, 0.2) is 48.5 Å². The molecule has 45 heavy (non-hydrogen) atoms. The minimum absolute atomic E-state index is 0. The van der Waals surface area contributed by atoms with Gasteiger partial charge in [0.25, 0.3) is 0 Å².